The Balaban J connectivity index is 1.77. The number of Topliss-reactive ketones (excluding diaryl/α,β-unsaturated/α-hetero) is 1. The number of aliphatic carboxylic acids is 2. The van der Waals surface area contributed by atoms with Gasteiger partial charge in [-0.2, -0.15) is 0 Å². The van der Waals surface area contributed by atoms with Gasteiger partial charge in [0.05, 0.1) is 26.3 Å². The topological polar surface area (TPSA) is 112 Å². The lowest BCUT2D eigenvalue weighted by Gasteiger charge is -2.09. The number of nitrogens with zero attached hydrogens (tertiary/aromatic N) is 1. The first-order valence-corrected chi connectivity index (χ1v) is 11.2. The number of thioether (sulfide) groups is 2. The molecule has 1 unspecified atom stereocenters. The number of hydrogen-bond acceptors (Lipinski definition) is 9. The molecule has 1 aromatic heterocycles. The quantitative estimate of drug-likeness (QED) is 0.460. The van der Waals surface area contributed by atoms with Crippen LogP contribution < -0.4 is 0 Å². The van der Waals surface area contributed by atoms with Gasteiger partial charge in [-0.1, -0.05) is 48.0 Å². The summed E-state index contributed by atoms with van der Waals surface area (Å²) in [7, 11) is 0. The zero-order valence-corrected chi connectivity index (χ0v) is 18.4. The number of ketones is 1. The fourth-order valence-corrected chi connectivity index (χ4v) is 6.24. The minimum absolute atomic E-state index is 0.188. The second kappa shape index (κ2) is 8.88. The third-order valence-corrected chi connectivity index (χ3v) is 7.71. The summed E-state index contributed by atoms with van der Waals surface area (Å²) in [4.78, 5) is 49.7. The van der Waals surface area contributed by atoms with Crippen molar-refractivity contribution in [2.24, 2.45) is 5.92 Å². The summed E-state index contributed by atoms with van der Waals surface area (Å²) in [6.45, 7) is -0.486. The molecule has 1 atom stereocenters. The molecule has 3 rings (SSSR count). The van der Waals surface area contributed by atoms with Gasteiger partial charge in [0, 0.05) is 9.75 Å². The van der Waals surface area contributed by atoms with E-state index in [1.54, 1.807) is 24.3 Å². The standard InChI is InChI=1S/C17H11NO6S5/c19-12(20)5-9-14(23)10(28-16(9)25)3-7-1-2-8(27-7)4-11-15(24)18(6-13(21)22)17(26)29-11/h1-4,9H,5-6H2,(H,19,20)(H,21,22)/b10-3-,11-4-. The molecule has 2 N–H and O–H groups in total. The van der Waals surface area contributed by atoms with Crippen LogP contribution in [0.3, 0.4) is 0 Å². The molecule has 2 aliphatic rings. The summed E-state index contributed by atoms with van der Waals surface area (Å²) in [5.74, 6) is -3.78. The van der Waals surface area contributed by atoms with Crippen LogP contribution in [0.25, 0.3) is 12.2 Å². The van der Waals surface area contributed by atoms with Gasteiger partial charge in [0.15, 0.2) is 5.78 Å². The first-order chi connectivity index (χ1) is 13.7. The van der Waals surface area contributed by atoms with E-state index in [1.165, 1.54) is 11.3 Å². The van der Waals surface area contributed by atoms with Gasteiger partial charge in [-0.3, -0.25) is 24.1 Å². The molecule has 0 saturated carbocycles. The number of amides is 1. The van der Waals surface area contributed by atoms with E-state index in [0.717, 1.165) is 38.2 Å². The van der Waals surface area contributed by atoms with Gasteiger partial charge in [-0.25, -0.2) is 0 Å². The normalized spacial score (nSPS) is 22.3. The molecule has 0 aromatic carbocycles. The lowest BCUT2D eigenvalue weighted by Crippen LogP contribution is -2.33. The minimum atomic E-state index is -1.15. The average Bonchev–Trinajstić information content (AvgIpc) is 3.25. The maximum Gasteiger partial charge on any atom is 0.323 e. The van der Waals surface area contributed by atoms with Crippen molar-refractivity contribution in [1.82, 2.24) is 4.90 Å². The molecule has 150 valence electrons. The second-order valence-electron chi connectivity index (χ2n) is 5.85. The summed E-state index contributed by atoms with van der Waals surface area (Å²) < 4.78 is 0.538. The van der Waals surface area contributed by atoms with Crippen LogP contribution in [-0.2, 0) is 19.2 Å². The average molecular weight is 486 g/mol. The predicted octanol–water partition coefficient (Wildman–Crippen LogP) is 3.11. The van der Waals surface area contributed by atoms with Crippen LogP contribution in [0.5, 0.6) is 0 Å². The van der Waals surface area contributed by atoms with E-state index < -0.39 is 30.3 Å². The summed E-state index contributed by atoms with van der Waals surface area (Å²) in [5.41, 5.74) is 0. The molecule has 2 saturated heterocycles. The number of carboxylic acids is 2. The Kier molecular flexibility index (Phi) is 6.69. The molecule has 0 radical (unpaired) electrons. The third kappa shape index (κ3) is 5.01. The Labute approximate surface area is 187 Å². The molecule has 12 heteroatoms. The smallest absolute Gasteiger partial charge is 0.323 e. The zero-order valence-electron chi connectivity index (χ0n) is 14.3. The van der Waals surface area contributed by atoms with Crippen LogP contribution in [0.4, 0.5) is 0 Å². The molecule has 0 bridgehead atoms. The number of allylic oxidation sites excluding steroid dienone is 1. The van der Waals surface area contributed by atoms with Crippen LogP contribution in [0.15, 0.2) is 21.9 Å². The van der Waals surface area contributed by atoms with Crippen LogP contribution >= 0.6 is 59.3 Å². The van der Waals surface area contributed by atoms with E-state index in [2.05, 4.69) is 0 Å². The number of carbonyl (C=O) groups excluding carboxylic acids is 2. The highest BCUT2D eigenvalue weighted by atomic mass is 32.2. The number of thiocarbonyl (C=S) groups is 2. The number of rotatable bonds is 6. The molecule has 0 spiro atoms. The lowest BCUT2D eigenvalue weighted by atomic mass is 10.0. The monoisotopic (exact) mass is 485 g/mol. The molecule has 3 heterocycles. The summed E-state index contributed by atoms with van der Waals surface area (Å²) in [6.07, 6.45) is 2.95. The minimum Gasteiger partial charge on any atom is -0.481 e. The predicted molar refractivity (Wildman–Crippen MR) is 121 cm³/mol. The Hall–Kier alpha value is -1.86. The van der Waals surface area contributed by atoms with Crippen molar-refractivity contribution in [1.29, 1.82) is 0 Å². The van der Waals surface area contributed by atoms with Crippen LogP contribution in [0, 0.1) is 5.92 Å². The van der Waals surface area contributed by atoms with Gasteiger partial charge < -0.3 is 10.2 Å². The van der Waals surface area contributed by atoms with Gasteiger partial charge in [-0.05, 0) is 24.3 Å². The molecule has 0 aliphatic carbocycles. The maximum atomic E-state index is 12.4. The zero-order chi connectivity index (χ0) is 21.3. The maximum absolute atomic E-state index is 12.4. The van der Waals surface area contributed by atoms with Crippen molar-refractivity contribution in [3.63, 3.8) is 0 Å². The summed E-state index contributed by atoms with van der Waals surface area (Å²) in [5, 5.41) is 17.8. The number of thiophene rings is 1. The summed E-state index contributed by atoms with van der Waals surface area (Å²) >= 11 is 13.6. The Morgan fingerprint density at radius 1 is 1.03 bits per heavy atom. The van der Waals surface area contributed by atoms with Crippen molar-refractivity contribution in [3.8, 4) is 0 Å². The second-order valence-corrected chi connectivity index (χ2v) is 10.5. The van der Waals surface area contributed by atoms with E-state index in [-0.39, 0.29) is 16.5 Å². The van der Waals surface area contributed by atoms with Gasteiger partial charge in [0.25, 0.3) is 5.91 Å². The van der Waals surface area contributed by atoms with Gasteiger partial charge in [0.2, 0.25) is 0 Å². The number of hydrogen-bond donors (Lipinski definition) is 2. The van der Waals surface area contributed by atoms with E-state index >= 15 is 0 Å². The van der Waals surface area contributed by atoms with Gasteiger partial charge >= 0.3 is 11.9 Å². The van der Waals surface area contributed by atoms with Crippen LogP contribution in [0.1, 0.15) is 16.2 Å². The first kappa shape index (κ1) is 21.8. The fraction of sp³-hybridized carbons (Fsp3) is 0.176. The highest BCUT2D eigenvalue weighted by Gasteiger charge is 2.37. The van der Waals surface area contributed by atoms with Crippen LogP contribution in [-0.4, -0.2) is 53.8 Å². The fourth-order valence-electron chi connectivity index (χ4n) is 2.51. The van der Waals surface area contributed by atoms with Crippen LogP contribution in [0.2, 0.25) is 0 Å². The Morgan fingerprint density at radius 2 is 1.66 bits per heavy atom. The van der Waals surface area contributed by atoms with Crippen molar-refractivity contribution in [2.45, 2.75) is 6.42 Å². The van der Waals surface area contributed by atoms with Crippen molar-refractivity contribution >= 4 is 104 Å². The molecular formula is C17H11NO6S5. The number of carbonyl (C=O) groups is 4. The summed E-state index contributed by atoms with van der Waals surface area (Å²) in [6, 6.07) is 3.53. The van der Waals surface area contributed by atoms with Gasteiger partial charge in [0.1, 0.15) is 10.9 Å². The van der Waals surface area contributed by atoms with Gasteiger partial charge in [-0.15, -0.1) is 11.3 Å². The number of carboxylic acid groups (broad SMARTS) is 2. The van der Waals surface area contributed by atoms with E-state index in [1.807, 2.05) is 0 Å². The SMILES string of the molecule is O=C(O)CC1C(=O)/C(=C/c2ccc(/C=C3\SC(=S)N(CC(=O)O)C3=O)s2)SC1=S. The van der Waals surface area contributed by atoms with E-state index in [4.69, 9.17) is 34.6 Å². The molecule has 2 aliphatic heterocycles. The molecule has 7 nitrogen and oxygen atoms in total. The highest BCUT2D eigenvalue weighted by molar-refractivity contribution is 8.27. The van der Waals surface area contributed by atoms with E-state index in [0.29, 0.717) is 14.0 Å². The first-order valence-electron chi connectivity index (χ1n) is 7.92. The highest BCUT2D eigenvalue weighted by Crippen LogP contribution is 2.39. The molecule has 29 heavy (non-hydrogen) atoms. The van der Waals surface area contributed by atoms with E-state index in [9.17, 15) is 19.2 Å². The lowest BCUT2D eigenvalue weighted by molar-refractivity contribution is -0.140. The molecule has 1 amide bonds. The van der Waals surface area contributed by atoms with Crippen molar-refractivity contribution in [2.75, 3.05) is 6.54 Å². The largest absolute Gasteiger partial charge is 0.481 e. The Morgan fingerprint density at radius 3 is 2.24 bits per heavy atom. The van der Waals surface area contributed by atoms with Crippen molar-refractivity contribution < 1.29 is 29.4 Å². The molecule has 2 fully saturated rings. The van der Waals surface area contributed by atoms with Crippen molar-refractivity contribution in [3.05, 3.63) is 31.7 Å². The molecular weight excluding hydrogens is 475 g/mol. The Bertz CT molecular complexity index is 945. The molecule has 1 aromatic rings. The third-order valence-electron chi connectivity index (χ3n) is 3.79.